The van der Waals surface area contributed by atoms with Crippen molar-refractivity contribution >= 4 is 77.6 Å². The van der Waals surface area contributed by atoms with Gasteiger partial charge in [0.2, 0.25) is 23.6 Å². The van der Waals surface area contributed by atoms with Crippen molar-refractivity contribution in [1.29, 1.82) is 0 Å². The second-order valence-electron chi connectivity index (χ2n) is 12.2. The number of rotatable bonds is 3. The Morgan fingerprint density at radius 1 is 0.622 bits per heavy atom. The summed E-state index contributed by atoms with van der Waals surface area (Å²) >= 11 is 6.85. The van der Waals surface area contributed by atoms with Gasteiger partial charge >= 0.3 is 0 Å². The molecule has 4 aromatic carbocycles. The molecule has 4 aromatic rings. The molecule has 2 saturated heterocycles. The largest absolute Gasteiger partial charge is 0.507 e. The zero-order chi connectivity index (χ0) is 31.1. The molecular formula is C36H26Br2N2O5. The van der Waals surface area contributed by atoms with Crippen LogP contribution in [-0.4, -0.2) is 28.7 Å². The Morgan fingerprint density at radius 3 is 1.84 bits per heavy atom. The van der Waals surface area contributed by atoms with Crippen molar-refractivity contribution in [2.75, 3.05) is 9.80 Å². The summed E-state index contributed by atoms with van der Waals surface area (Å²) in [6, 6.07) is 25.4. The molecule has 1 saturated carbocycles. The fourth-order valence-corrected chi connectivity index (χ4v) is 8.68. The van der Waals surface area contributed by atoms with Crippen LogP contribution in [0.2, 0.25) is 0 Å². The molecule has 0 spiro atoms. The number of fused-ring (bicyclic) bond motifs is 5. The summed E-state index contributed by atoms with van der Waals surface area (Å²) in [5, 5.41) is 13.2. The Bertz CT molecular complexity index is 1970. The molecule has 2 heterocycles. The molecule has 4 amide bonds. The maximum Gasteiger partial charge on any atom is 0.238 e. The van der Waals surface area contributed by atoms with E-state index >= 15 is 0 Å². The van der Waals surface area contributed by atoms with Gasteiger partial charge in [-0.1, -0.05) is 79.9 Å². The van der Waals surface area contributed by atoms with Crippen molar-refractivity contribution in [3.05, 3.63) is 111 Å². The number of halogens is 2. The first-order chi connectivity index (χ1) is 21.7. The van der Waals surface area contributed by atoms with Crippen molar-refractivity contribution in [3.8, 4) is 5.75 Å². The van der Waals surface area contributed by atoms with E-state index in [1.165, 1.54) is 9.80 Å². The molecule has 224 valence electrons. The molecule has 0 bridgehead atoms. The van der Waals surface area contributed by atoms with Crippen LogP contribution in [0.1, 0.15) is 24.3 Å². The van der Waals surface area contributed by atoms with Crippen LogP contribution in [-0.2, 0) is 19.2 Å². The molecule has 0 unspecified atom stereocenters. The predicted molar refractivity (Wildman–Crippen MR) is 176 cm³/mol. The minimum absolute atomic E-state index is 0.0631. The Balaban J connectivity index is 1.27. The fourth-order valence-electron chi connectivity index (χ4n) is 8.15. The molecule has 8 rings (SSSR count). The second kappa shape index (κ2) is 10.5. The Hall–Kier alpha value is -4.08. The van der Waals surface area contributed by atoms with Gasteiger partial charge in [-0.2, -0.15) is 0 Å². The number of carbonyl (C=O) groups is 4. The van der Waals surface area contributed by atoms with Gasteiger partial charge in [-0.15, -0.1) is 0 Å². The van der Waals surface area contributed by atoms with Crippen molar-refractivity contribution in [2.45, 2.75) is 18.8 Å². The summed E-state index contributed by atoms with van der Waals surface area (Å²) < 4.78 is 1.66. The van der Waals surface area contributed by atoms with E-state index in [0.29, 0.717) is 28.7 Å². The number of aromatic hydroxyl groups is 1. The summed E-state index contributed by atoms with van der Waals surface area (Å²) in [5.41, 5.74) is 2.39. The monoisotopic (exact) mass is 724 g/mol. The average Bonchev–Trinajstić information content (AvgIpc) is 3.45. The Labute approximate surface area is 275 Å². The zero-order valence-electron chi connectivity index (χ0n) is 23.8. The van der Waals surface area contributed by atoms with Crippen molar-refractivity contribution in [1.82, 2.24) is 0 Å². The van der Waals surface area contributed by atoms with Crippen molar-refractivity contribution in [2.24, 2.45) is 29.6 Å². The standard InChI is InChI=1S/C36H26Br2N2O5/c37-19-6-10-21(11-7-19)39-33(42)26-16-15-24-27(30(26)35(39)44)17-28-31(36(45)40(34(28)43)22-12-8-20(38)9-13-22)29(24)25-14-5-18-3-1-2-4-23(18)32(25)41/h1-15,26-31,41H,16-17H2/t26-,27+,28+,29+,30-,31+/m0/s1. The molecule has 6 atom stereocenters. The van der Waals surface area contributed by atoms with Crippen LogP contribution in [0.5, 0.6) is 5.75 Å². The summed E-state index contributed by atoms with van der Waals surface area (Å²) in [6.45, 7) is 0. The molecular weight excluding hydrogens is 700 g/mol. The van der Waals surface area contributed by atoms with E-state index in [4.69, 9.17) is 0 Å². The van der Waals surface area contributed by atoms with E-state index in [9.17, 15) is 24.3 Å². The van der Waals surface area contributed by atoms with Gasteiger partial charge in [0.05, 0.1) is 35.0 Å². The first-order valence-corrected chi connectivity index (χ1v) is 16.5. The first-order valence-electron chi connectivity index (χ1n) is 14.9. The maximum absolute atomic E-state index is 14.3. The smallest absolute Gasteiger partial charge is 0.238 e. The van der Waals surface area contributed by atoms with Gasteiger partial charge in [0.25, 0.3) is 0 Å². The van der Waals surface area contributed by atoms with Crippen LogP contribution in [0.15, 0.2) is 106 Å². The van der Waals surface area contributed by atoms with Crippen LogP contribution >= 0.6 is 31.9 Å². The normalized spacial score (nSPS) is 27.5. The summed E-state index contributed by atoms with van der Waals surface area (Å²) in [7, 11) is 0. The Morgan fingerprint density at radius 2 is 1.20 bits per heavy atom. The summed E-state index contributed by atoms with van der Waals surface area (Å²) in [4.78, 5) is 59.0. The number of carbonyl (C=O) groups excluding carboxylic acids is 4. The number of nitrogens with zero attached hydrogens (tertiary/aromatic N) is 2. The van der Waals surface area contributed by atoms with Crippen LogP contribution in [0.25, 0.3) is 10.8 Å². The highest BCUT2D eigenvalue weighted by atomic mass is 79.9. The van der Waals surface area contributed by atoms with Crippen LogP contribution in [0, 0.1) is 29.6 Å². The SMILES string of the molecule is O=C1[C@H]2[C@H](CC=C3[C@H]2C[C@H]2C(=O)N(c4ccc(Br)cc4)C(=O)[C@H]2[C@H]3c2ccc3ccccc3c2O)C(=O)N1c1ccc(Br)cc1. The lowest BCUT2D eigenvalue weighted by atomic mass is 9.57. The van der Waals surface area contributed by atoms with Crippen LogP contribution in [0.4, 0.5) is 11.4 Å². The molecule has 1 N–H and O–H groups in total. The molecule has 7 nitrogen and oxygen atoms in total. The topological polar surface area (TPSA) is 95.0 Å². The van der Waals surface area contributed by atoms with Crippen molar-refractivity contribution in [3.63, 3.8) is 0 Å². The van der Waals surface area contributed by atoms with Crippen LogP contribution < -0.4 is 9.80 Å². The van der Waals surface area contributed by atoms with Crippen LogP contribution in [0.3, 0.4) is 0 Å². The molecule has 0 aromatic heterocycles. The average molecular weight is 726 g/mol. The molecule has 9 heteroatoms. The summed E-state index contributed by atoms with van der Waals surface area (Å²) in [6.07, 6.45) is 2.61. The second-order valence-corrected chi connectivity index (χ2v) is 14.1. The third-order valence-corrected chi connectivity index (χ3v) is 11.1. The number of phenols is 1. The van der Waals surface area contributed by atoms with Gasteiger partial charge in [-0.05, 0) is 72.7 Å². The van der Waals surface area contributed by atoms with Gasteiger partial charge in [0, 0.05) is 25.8 Å². The maximum atomic E-state index is 14.3. The minimum Gasteiger partial charge on any atom is -0.507 e. The van der Waals surface area contributed by atoms with Crippen molar-refractivity contribution < 1.29 is 24.3 Å². The highest BCUT2D eigenvalue weighted by Crippen LogP contribution is 2.59. The molecule has 2 aliphatic heterocycles. The lowest BCUT2D eigenvalue weighted by Gasteiger charge is -2.44. The van der Waals surface area contributed by atoms with E-state index in [-0.39, 0.29) is 35.8 Å². The fraction of sp³-hybridized carbons (Fsp3) is 0.222. The van der Waals surface area contributed by atoms with Gasteiger partial charge in [-0.25, -0.2) is 0 Å². The molecule has 2 aliphatic carbocycles. The number of anilines is 2. The molecule has 0 radical (unpaired) electrons. The number of phenolic OH excluding ortho intramolecular Hbond substituents is 1. The van der Waals surface area contributed by atoms with E-state index in [2.05, 4.69) is 31.9 Å². The summed E-state index contributed by atoms with van der Waals surface area (Å²) in [5.74, 6) is -4.91. The van der Waals surface area contributed by atoms with Gasteiger partial charge in [0.15, 0.2) is 0 Å². The number of imide groups is 2. The molecule has 45 heavy (non-hydrogen) atoms. The van der Waals surface area contributed by atoms with E-state index < -0.39 is 35.5 Å². The molecule has 3 fully saturated rings. The number of hydrogen-bond acceptors (Lipinski definition) is 5. The lowest BCUT2D eigenvalue weighted by molar-refractivity contribution is -0.126. The van der Waals surface area contributed by atoms with Gasteiger partial charge in [0.1, 0.15) is 5.75 Å². The van der Waals surface area contributed by atoms with Gasteiger partial charge < -0.3 is 5.11 Å². The number of hydrogen-bond donors (Lipinski definition) is 1. The first kappa shape index (κ1) is 28.4. The quantitative estimate of drug-likeness (QED) is 0.179. The van der Waals surface area contributed by atoms with E-state index in [0.717, 1.165) is 19.9 Å². The third-order valence-electron chi connectivity index (χ3n) is 10.1. The van der Waals surface area contributed by atoms with Gasteiger partial charge in [-0.3, -0.25) is 29.0 Å². The van der Waals surface area contributed by atoms with E-state index in [1.807, 2.05) is 42.5 Å². The zero-order valence-corrected chi connectivity index (χ0v) is 26.9. The number of amides is 4. The van der Waals surface area contributed by atoms with E-state index in [1.54, 1.807) is 48.5 Å². The Kier molecular flexibility index (Phi) is 6.62. The minimum atomic E-state index is -0.762. The molecule has 4 aliphatic rings. The third kappa shape index (κ3) is 4.20. The highest BCUT2D eigenvalue weighted by Gasteiger charge is 2.62. The lowest BCUT2D eigenvalue weighted by Crippen LogP contribution is -2.43. The predicted octanol–water partition coefficient (Wildman–Crippen LogP) is 7.12. The highest BCUT2D eigenvalue weighted by molar-refractivity contribution is 9.10. The number of allylic oxidation sites excluding steroid dienone is 2. The number of benzene rings is 4.